The zero-order valence-corrected chi connectivity index (χ0v) is 8.23. The highest BCUT2D eigenvalue weighted by Gasteiger charge is 2.04. The van der Waals surface area contributed by atoms with E-state index < -0.39 is 0 Å². The molecule has 0 aliphatic rings. The number of nitrogens with zero attached hydrogens (tertiary/aromatic N) is 1. The van der Waals surface area contributed by atoms with Crippen molar-refractivity contribution in [2.75, 3.05) is 0 Å². The van der Waals surface area contributed by atoms with Gasteiger partial charge in [-0.25, -0.2) is 0 Å². The largest absolute Gasteiger partial charge is 0.435 e. The minimum absolute atomic E-state index is 0.0619. The molecule has 76 valence electrons. The van der Waals surface area contributed by atoms with Crippen LogP contribution in [-0.2, 0) is 0 Å². The fraction of sp³-hybridized carbons (Fsp3) is 0.0909. The first-order chi connectivity index (χ1) is 7.27. The van der Waals surface area contributed by atoms with Gasteiger partial charge in [0.15, 0.2) is 0 Å². The van der Waals surface area contributed by atoms with Gasteiger partial charge in [0.05, 0.1) is 0 Å². The summed E-state index contributed by atoms with van der Waals surface area (Å²) >= 11 is 0. The third kappa shape index (κ3) is 2.04. The highest BCUT2D eigenvalue weighted by atomic mass is 16.5. The molecule has 1 aromatic heterocycles. The van der Waals surface area contributed by atoms with Gasteiger partial charge in [-0.15, -0.1) is 5.10 Å². The summed E-state index contributed by atoms with van der Waals surface area (Å²) in [7, 11) is 0. The van der Waals surface area contributed by atoms with Crippen LogP contribution in [-0.4, -0.2) is 10.2 Å². The number of ether oxygens (including phenoxy) is 1. The first-order valence-electron chi connectivity index (χ1n) is 4.55. The highest BCUT2D eigenvalue weighted by molar-refractivity contribution is 5.34. The second-order valence-electron chi connectivity index (χ2n) is 3.11. The number of para-hydroxylation sites is 1. The maximum absolute atomic E-state index is 11.3. The van der Waals surface area contributed by atoms with E-state index in [1.807, 2.05) is 25.1 Å². The summed E-state index contributed by atoms with van der Waals surface area (Å²) in [5, 5.41) is 6.32. The Morgan fingerprint density at radius 1 is 1.27 bits per heavy atom. The van der Waals surface area contributed by atoms with E-state index in [2.05, 4.69) is 10.2 Å². The zero-order valence-electron chi connectivity index (χ0n) is 8.23. The van der Waals surface area contributed by atoms with Gasteiger partial charge in [0.1, 0.15) is 5.75 Å². The van der Waals surface area contributed by atoms with Crippen molar-refractivity contribution in [3.05, 3.63) is 52.3 Å². The first-order valence-corrected chi connectivity index (χ1v) is 4.55. The molecular weight excluding hydrogens is 192 g/mol. The summed E-state index contributed by atoms with van der Waals surface area (Å²) in [6, 6.07) is 8.83. The van der Waals surface area contributed by atoms with Gasteiger partial charge in [-0.05, 0) is 18.6 Å². The molecule has 1 heterocycles. The van der Waals surface area contributed by atoms with Crippen LogP contribution in [0.4, 0.5) is 0 Å². The Balaban J connectivity index is 2.34. The summed E-state index contributed by atoms with van der Waals surface area (Å²) in [6.07, 6.45) is 1.47. The number of hydrogen-bond acceptors (Lipinski definition) is 3. The van der Waals surface area contributed by atoms with Crippen molar-refractivity contribution >= 4 is 0 Å². The summed E-state index contributed by atoms with van der Waals surface area (Å²) in [5.41, 5.74) is 0.722. The molecule has 0 spiro atoms. The average Bonchev–Trinajstić information content (AvgIpc) is 2.24. The lowest BCUT2D eigenvalue weighted by molar-refractivity contribution is 0.447. The van der Waals surface area contributed by atoms with Gasteiger partial charge < -0.3 is 4.74 Å². The molecule has 4 nitrogen and oxygen atoms in total. The molecule has 0 fully saturated rings. The van der Waals surface area contributed by atoms with E-state index in [0.29, 0.717) is 5.75 Å². The minimum Gasteiger partial charge on any atom is -0.435 e. The third-order valence-corrected chi connectivity index (χ3v) is 1.99. The molecule has 0 saturated heterocycles. The van der Waals surface area contributed by atoms with Crippen LogP contribution >= 0.6 is 0 Å². The van der Waals surface area contributed by atoms with Gasteiger partial charge in [0, 0.05) is 12.3 Å². The molecule has 0 unspecified atom stereocenters. The molecule has 1 aromatic carbocycles. The number of nitrogens with one attached hydrogen (secondary N) is 1. The van der Waals surface area contributed by atoms with E-state index in [-0.39, 0.29) is 11.3 Å². The average molecular weight is 202 g/mol. The summed E-state index contributed by atoms with van der Waals surface area (Å²) in [4.78, 5) is 11.3. The monoisotopic (exact) mass is 202 g/mol. The minimum atomic E-state index is -0.239. The predicted molar refractivity (Wildman–Crippen MR) is 56.1 cm³/mol. The molecule has 2 rings (SSSR count). The van der Waals surface area contributed by atoms with Crippen LogP contribution in [0.25, 0.3) is 0 Å². The van der Waals surface area contributed by atoms with E-state index in [9.17, 15) is 4.79 Å². The molecule has 0 bridgehead atoms. The topological polar surface area (TPSA) is 55.0 Å². The SMILES string of the molecule is Cc1ccccc1Oc1n[nH]ccc1=O. The van der Waals surface area contributed by atoms with Crippen molar-refractivity contribution in [3.63, 3.8) is 0 Å². The fourth-order valence-electron chi connectivity index (χ4n) is 1.18. The smallest absolute Gasteiger partial charge is 0.285 e. The Morgan fingerprint density at radius 3 is 2.80 bits per heavy atom. The number of aromatic amines is 1. The standard InChI is InChI=1S/C11H10N2O2/c1-8-4-2-3-5-10(8)15-11-9(14)6-7-12-13-11/h2-7H,1H3,(H,12,14). The second-order valence-corrected chi connectivity index (χ2v) is 3.11. The molecule has 0 amide bonds. The molecule has 1 N–H and O–H groups in total. The van der Waals surface area contributed by atoms with Gasteiger partial charge in [-0.2, -0.15) is 0 Å². The highest BCUT2D eigenvalue weighted by Crippen LogP contribution is 2.20. The van der Waals surface area contributed by atoms with Crippen molar-refractivity contribution in [1.82, 2.24) is 10.2 Å². The molecule has 0 aliphatic carbocycles. The molecule has 0 aliphatic heterocycles. The van der Waals surface area contributed by atoms with Crippen molar-refractivity contribution < 1.29 is 4.74 Å². The van der Waals surface area contributed by atoms with Gasteiger partial charge in [-0.3, -0.25) is 9.89 Å². The second kappa shape index (κ2) is 3.96. The molecular formula is C11H10N2O2. The normalized spacial score (nSPS) is 9.93. The molecule has 2 aromatic rings. The lowest BCUT2D eigenvalue weighted by atomic mass is 10.2. The van der Waals surface area contributed by atoms with Crippen LogP contribution in [0.2, 0.25) is 0 Å². The maximum Gasteiger partial charge on any atom is 0.285 e. The Morgan fingerprint density at radius 2 is 2.07 bits per heavy atom. The summed E-state index contributed by atoms with van der Waals surface area (Å²) in [6.45, 7) is 1.91. The van der Waals surface area contributed by atoms with Crippen molar-refractivity contribution in [2.24, 2.45) is 0 Å². The molecule has 0 radical (unpaired) electrons. The Labute approximate surface area is 86.5 Å². The Bertz CT molecular complexity index is 520. The predicted octanol–water partition coefficient (Wildman–Crippen LogP) is 1.87. The Hall–Kier alpha value is -2.10. The maximum atomic E-state index is 11.3. The van der Waals surface area contributed by atoms with Crippen molar-refractivity contribution in [3.8, 4) is 11.6 Å². The number of aryl methyl sites for hydroxylation is 1. The number of rotatable bonds is 2. The van der Waals surface area contributed by atoms with E-state index in [1.54, 1.807) is 6.07 Å². The van der Waals surface area contributed by atoms with Crippen LogP contribution in [0, 0.1) is 6.92 Å². The van der Waals surface area contributed by atoms with Gasteiger partial charge >= 0.3 is 0 Å². The summed E-state index contributed by atoms with van der Waals surface area (Å²) in [5.74, 6) is 0.702. The van der Waals surface area contributed by atoms with Crippen LogP contribution in [0.5, 0.6) is 11.6 Å². The number of H-pyrrole nitrogens is 1. The quantitative estimate of drug-likeness (QED) is 0.808. The molecule has 0 atom stereocenters. The molecule has 15 heavy (non-hydrogen) atoms. The third-order valence-electron chi connectivity index (χ3n) is 1.99. The van der Waals surface area contributed by atoms with Gasteiger partial charge in [-0.1, -0.05) is 18.2 Å². The van der Waals surface area contributed by atoms with Crippen molar-refractivity contribution in [1.29, 1.82) is 0 Å². The van der Waals surface area contributed by atoms with E-state index in [1.165, 1.54) is 12.3 Å². The fourth-order valence-corrected chi connectivity index (χ4v) is 1.18. The molecule has 0 saturated carbocycles. The number of benzene rings is 1. The van der Waals surface area contributed by atoms with Crippen molar-refractivity contribution in [2.45, 2.75) is 6.92 Å². The van der Waals surface area contributed by atoms with E-state index in [4.69, 9.17) is 4.74 Å². The number of aromatic nitrogens is 2. The van der Waals surface area contributed by atoms with Crippen LogP contribution in [0.15, 0.2) is 41.3 Å². The van der Waals surface area contributed by atoms with Crippen LogP contribution in [0.3, 0.4) is 0 Å². The Kier molecular flexibility index (Phi) is 2.49. The van der Waals surface area contributed by atoms with Crippen LogP contribution < -0.4 is 10.2 Å². The zero-order chi connectivity index (χ0) is 10.7. The van der Waals surface area contributed by atoms with E-state index in [0.717, 1.165) is 5.56 Å². The van der Waals surface area contributed by atoms with Gasteiger partial charge in [0.25, 0.3) is 5.88 Å². The molecule has 4 heteroatoms. The first kappa shape index (κ1) is 9.45. The van der Waals surface area contributed by atoms with Crippen LogP contribution in [0.1, 0.15) is 5.56 Å². The summed E-state index contributed by atoms with van der Waals surface area (Å²) < 4.78 is 5.39. The van der Waals surface area contributed by atoms with E-state index >= 15 is 0 Å². The van der Waals surface area contributed by atoms with Gasteiger partial charge in [0.2, 0.25) is 5.43 Å². The number of hydrogen-bond donors (Lipinski definition) is 1. The lowest BCUT2D eigenvalue weighted by Gasteiger charge is -2.05. The lowest BCUT2D eigenvalue weighted by Crippen LogP contribution is -2.06.